The van der Waals surface area contributed by atoms with Gasteiger partial charge in [0.2, 0.25) is 0 Å². The minimum Gasteiger partial charge on any atom is -0.371 e. The third-order valence-electron chi connectivity index (χ3n) is 4.64. The summed E-state index contributed by atoms with van der Waals surface area (Å²) in [5, 5.41) is 7.78. The van der Waals surface area contributed by atoms with Crippen LogP contribution in [0, 0.1) is 24.5 Å². The Balaban J connectivity index is 0.00000280. The average molecular weight is 521 g/mol. The van der Waals surface area contributed by atoms with E-state index in [1.807, 2.05) is 6.20 Å². The van der Waals surface area contributed by atoms with E-state index >= 15 is 0 Å². The van der Waals surface area contributed by atoms with Gasteiger partial charge in [-0.3, -0.25) is 4.99 Å². The van der Waals surface area contributed by atoms with Crippen LogP contribution >= 0.6 is 35.3 Å². The van der Waals surface area contributed by atoms with Gasteiger partial charge in [-0.05, 0) is 31.4 Å². The number of halogens is 3. The number of guanidine groups is 1. The van der Waals surface area contributed by atoms with E-state index in [9.17, 15) is 8.78 Å². The molecule has 0 saturated carbocycles. The molecule has 2 heterocycles. The highest BCUT2D eigenvalue weighted by atomic mass is 127. The Morgan fingerprint density at radius 3 is 2.82 bits per heavy atom. The fourth-order valence-corrected chi connectivity index (χ4v) is 3.97. The molecule has 1 saturated heterocycles. The van der Waals surface area contributed by atoms with Gasteiger partial charge in [0.05, 0.1) is 5.01 Å². The zero-order chi connectivity index (χ0) is 19.2. The highest BCUT2D eigenvalue weighted by molar-refractivity contribution is 14.0. The molecule has 2 aromatic rings. The summed E-state index contributed by atoms with van der Waals surface area (Å²) in [7, 11) is 1.76. The molecule has 1 atom stereocenters. The van der Waals surface area contributed by atoms with Gasteiger partial charge in [-0.2, -0.15) is 0 Å². The molecule has 1 aliphatic rings. The fraction of sp³-hybridized carbons (Fsp3) is 0.474. The van der Waals surface area contributed by atoms with E-state index in [0.717, 1.165) is 55.7 Å². The largest absolute Gasteiger partial charge is 0.371 e. The Morgan fingerprint density at radius 2 is 2.14 bits per heavy atom. The Kier molecular flexibility index (Phi) is 8.87. The summed E-state index contributed by atoms with van der Waals surface area (Å²) in [6, 6.07) is 4.09. The molecule has 1 aliphatic heterocycles. The fourth-order valence-electron chi connectivity index (χ4n) is 3.18. The number of aryl methyl sites for hydroxylation is 1. The van der Waals surface area contributed by atoms with Crippen LogP contribution in [0.5, 0.6) is 0 Å². The van der Waals surface area contributed by atoms with Gasteiger partial charge in [-0.25, -0.2) is 13.8 Å². The number of rotatable bonds is 6. The minimum atomic E-state index is -0.807. The number of hydrogen-bond acceptors (Lipinski definition) is 4. The smallest absolute Gasteiger partial charge is 0.191 e. The van der Waals surface area contributed by atoms with Gasteiger partial charge >= 0.3 is 0 Å². The van der Waals surface area contributed by atoms with Crippen molar-refractivity contribution in [2.24, 2.45) is 10.9 Å². The first-order chi connectivity index (χ1) is 13.0. The number of aromatic nitrogens is 1. The van der Waals surface area contributed by atoms with E-state index in [1.54, 1.807) is 24.5 Å². The first-order valence-corrected chi connectivity index (χ1v) is 9.92. The molecule has 0 amide bonds. The van der Waals surface area contributed by atoms with Gasteiger partial charge in [0.15, 0.2) is 17.6 Å². The molecular formula is C19H26F2IN5S. The van der Waals surface area contributed by atoms with E-state index in [2.05, 4.69) is 32.4 Å². The van der Waals surface area contributed by atoms with Crippen LogP contribution in [0.15, 0.2) is 29.4 Å². The lowest BCUT2D eigenvalue weighted by Gasteiger charge is -2.19. The molecule has 0 spiro atoms. The monoisotopic (exact) mass is 521 g/mol. The third-order valence-corrected chi connectivity index (χ3v) is 5.61. The van der Waals surface area contributed by atoms with Gasteiger partial charge in [0.25, 0.3) is 0 Å². The highest BCUT2D eigenvalue weighted by Gasteiger charge is 2.23. The molecule has 0 aliphatic carbocycles. The third kappa shape index (κ3) is 6.26. The van der Waals surface area contributed by atoms with Crippen molar-refractivity contribution >= 4 is 47.0 Å². The lowest BCUT2D eigenvalue weighted by Crippen LogP contribution is -2.41. The lowest BCUT2D eigenvalue weighted by atomic mass is 10.1. The summed E-state index contributed by atoms with van der Waals surface area (Å²) >= 11 is 1.71. The van der Waals surface area contributed by atoms with Crippen molar-refractivity contribution in [3.05, 3.63) is 45.9 Å². The van der Waals surface area contributed by atoms with Crippen LogP contribution in [0.25, 0.3) is 0 Å². The van der Waals surface area contributed by atoms with Crippen LogP contribution < -0.4 is 15.5 Å². The lowest BCUT2D eigenvalue weighted by molar-refractivity contribution is 0.508. The summed E-state index contributed by atoms with van der Waals surface area (Å²) in [6.45, 7) is 5.27. The minimum absolute atomic E-state index is 0. The molecular weight excluding hydrogens is 495 g/mol. The molecule has 0 radical (unpaired) electrons. The molecule has 154 valence electrons. The Labute approximate surface area is 185 Å². The van der Waals surface area contributed by atoms with Gasteiger partial charge in [0, 0.05) is 62.5 Å². The number of aliphatic imine (C=N–C) groups is 1. The molecule has 1 aromatic heterocycles. The van der Waals surface area contributed by atoms with Crippen LogP contribution in [0.4, 0.5) is 14.5 Å². The van der Waals surface area contributed by atoms with Gasteiger partial charge < -0.3 is 15.5 Å². The molecule has 0 bridgehead atoms. The van der Waals surface area contributed by atoms with Gasteiger partial charge in [-0.1, -0.05) is 0 Å². The maximum atomic E-state index is 13.4. The van der Waals surface area contributed by atoms with Crippen LogP contribution in [0.1, 0.15) is 16.3 Å². The van der Waals surface area contributed by atoms with Crippen molar-refractivity contribution in [1.29, 1.82) is 0 Å². The second kappa shape index (κ2) is 10.9. The average Bonchev–Trinajstić information content (AvgIpc) is 3.29. The summed E-state index contributed by atoms with van der Waals surface area (Å²) in [4.78, 5) is 11.9. The summed E-state index contributed by atoms with van der Waals surface area (Å²) in [6.07, 6.45) is 3.76. The number of nitrogens with zero attached hydrogens (tertiary/aromatic N) is 3. The predicted octanol–water partition coefficient (Wildman–Crippen LogP) is 3.58. The highest BCUT2D eigenvalue weighted by Crippen LogP contribution is 2.25. The normalized spacial score (nSPS) is 16.8. The van der Waals surface area contributed by atoms with E-state index in [-0.39, 0.29) is 24.0 Å². The predicted molar refractivity (Wildman–Crippen MR) is 122 cm³/mol. The van der Waals surface area contributed by atoms with E-state index in [1.165, 1.54) is 17.0 Å². The second-order valence-corrected chi connectivity index (χ2v) is 8.01. The molecule has 3 rings (SSSR count). The molecule has 2 N–H and O–H groups in total. The Hall–Kier alpha value is -1.49. The van der Waals surface area contributed by atoms with E-state index in [0.29, 0.717) is 5.92 Å². The number of nitrogens with one attached hydrogen (secondary N) is 2. The molecule has 1 aromatic carbocycles. The summed E-state index contributed by atoms with van der Waals surface area (Å²) in [5.41, 5.74) is 0.734. The quantitative estimate of drug-likeness (QED) is 0.347. The molecule has 9 heteroatoms. The number of hydrogen-bond donors (Lipinski definition) is 2. The van der Waals surface area contributed by atoms with Crippen molar-refractivity contribution in [3.8, 4) is 0 Å². The molecule has 28 heavy (non-hydrogen) atoms. The SMILES string of the molecule is CN=C(NCCc1ncc(C)s1)NCC1CCN(c2ccc(F)c(F)c2)C1.I. The molecule has 1 fully saturated rings. The summed E-state index contributed by atoms with van der Waals surface area (Å²) < 4.78 is 26.5. The molecule has 1 unspecified atom stereocenters. The van der Waals surface area contributed by atoms with Crippen molar-refractivity contribution in [3.63, 3.8) is 0 Å². The number of thiazole rings is 1. The summed E-state index contributed by atoms with van der Waals surface area (Å²) in [5.74, 6) is -0.402. The van der Waals surface area contributed by atoms with Crippen molar-refractivity contribution in [1.82, 2.24) is 15.6 Å². The van der Waals surface area contributed by atoms with Crippen molar-refractivity contribution in [2.75, 3.05) is 38.1 Å². The first kappa shape index (κ1) is 22.8. The maximum absolute atomic E-state index is 13.4. The topological polar surface area (TPSA) is 52.6 Å². The standard InChI is InChI=1S/C19H25F2N5S.HI/c1-13-10-24-18(27-13)5-7-23-19(22-2)25-11-14-6-8-26(12-14)15-3-4-16(20)17(21)9-15;/h3-4,9-10,14H,5-8,11-12H2,1-2H3,(H2,22,23,25);1H. The second-order valence-electron chi connectivity index (χ2n) is 6.69. The zero-order valence-corrected chi connectivity index (χ0v) is 19.2. The zero-order valence-electron chi connectivity index (χ0n) is 16.0. The molecule has 5 nitrogen and oxygen atoms in total. The van der Waals surface area contributed by atoms with Gasteiger partial charge in [0.1, 0.15) is 0 Å². The van der Waals surface area contributed by atoms with Gasteiger partial charge in [-0.15, -0.1) is 35.3 Å². The van der Waals surface area contributed by atoms with Crippen LogP contribution in [0.2, 0.25) is 0 Å². The van der Waals surface area contributed by atoms with E-state index < -0.39 is 11.6 Å². The number of anilines is 1. The van der Waals surface area contributed by atoms with Crippen LogP contribution in [0.3, 0.4) is 0 Å². The van der Waals surface area contributed by atoms with Crippen molar-refractivity contribution in [2.45, 2.75) is 19.8 Å². The Bertz CT molecular complexity index is 798. The van der Waals surface area contributed by atoms with E-state index in [4.69, 9.17) is 0 Å². The Morgan fingerprint density at radius 1 is 1.32 bits per heavy atom. The number of benzene rings is 1. The van der Waals surface area contributed by atoms with Crippen LogP contribution in [-0.4, -0.2) is 44.2 Å². The van der Waals surface area contributed by atoms with Crippen LogP contribution in [-0.2, 0) is 6.42 Å². The first-order valence-electron chi connectivity index (χ1n) is 9.11. The maximum Gasteiger partial charge on any atom is 0.191 e. The van der Waals surface area contributed by atoms with Crippen molar-refractivity contribution < 1.29 is 8.78 Å².